The van der Waals surface area contributed by atoms with E-state index in [9.17, 15) is 17.6 Å². The van der Waals surface area contributed by atoms with E-state index in [2.05, 4.69) is 14.8 Å². The molecule has 0 fully saturated rings. The van der Waals surface area contributed by atoms with Crippen molar-refractivity contribution in [1.29, 1.82) is 0 Å². The van der Waals surface area contributed by atoms with E-state index < -0.39 is 17.7 Å². The molecular weight excluding hydrogens is 404 g/mol. The molecule has 0 aliphatic heterocycles. The molecule has 4 rings (SSSR count). The largest absolute Gasteiger partial charge is 0.435 e. The Morgan fingerprint density at radius 2 is 1.93 bits per heavy atom. The lowest BCUT2D eigenvalue weighted by molar-refractivity contribution is -0.141. The number of hydrogen-bond donors (Lipinski definition) is 1. The van der Waals surface area contributed by atoms with Crippen LogP contribution in [0.1, 0.15) is 17.0 Å². The van der Waals surface area contributed by atoms with Gasteiger partial charge in [-0.05, 0) is 54.4 Å². The maximum absolute atomic E-state index is 14.6. The van der Waals surface area contributed by atoms with Crippen LogP contribution in [-0.2, 0) is 19.8 Å². The highest BCUT2D eigenvalue weighted by Crippen LogP contribution is 2.33. The molecule has 0 unspecified atom stereocenters. The Kier molecular flexibility index (Phi) is 4.77. The van der Waals surface area contributed by atoms with Crippen molar-refractivity contribution in [3.05, 3.63) is 65.2 Å². The molecule has 4 aromatic rings. The van der Waals surface area contributed by atoms with Gasteiger partial charge in [-0.2, -0.15) is 22.6 Å². The fraction of sp³-hybridized carbons (Fsp3) is 0.200. The molecule has 0 atom stereocenters. The van der Waals surface area contributed by atoms with E-state index in [-0.39, 0.29) is 11.3 Å². The van der Waals surface area contributed by atoms with Crippen LogP contribution in [0.3, 0.4) is 0 Å². The zero-order valence-corrected chi connectivity index (χ0v) is 16.3. The molecule has 0 amide bonds. The van der Waals surface area contributed by atoms with Crippen molar-refractivity contribution in [3.63, 3.8) is 0 Å². The van der Waals surface area contributed by atoms with Crippen molar-refractivity contribution < 1.29 is 17.6 Å². The summed E-state index contributed by atoms with van der Waals surface area (Å²) >= 11 is 1.43. The van der Waals surface area contributed by atoms with E-state index in [1.807, 2.05) is 25.1 Å². The Hall–Kier alpha value is -2.94. The van der Waals surface area contributed by atoms with E-state index in [0.29, 0.717) is 12.2 Å². The maximum atomic E-state index is 14.6. The number of halogens is 4. The van der Waals surface area contributed by atoms with E-state index in [4.69, 9.17) is 0 Å². The van der Waals surface area contributed by atoms with Gasteiger partial charge in [-0.3, -0.25) is 4.68 Å². The average molecular weight is 420 g/mol. The van der Waals surface area contributed by atoms with Gasteiger partial charge in [-0.1, -0.05) is 12.1 Å². The zero-order chi connectivity index (χ0) is 20.8. The van der Waals surface area contributed by atoms with E-state index in [0.717, 1.165) is 32.1 Å². The Morgan fingerprint density at radius 3 is 2.62 bits per heavy atom. The average Bonchev–Trinajstić information content (AvgIpc) is 3.24. The molecule has 0 saturated carbocycles. The standard InChI is InChI=1S/C20H16F4N4S/c1-11-19-12(4-3-5-17(19)29-27-11)10-25-13-6-7-14(15(21)8-13)16-9-18(20(22,23)24)26-28(16)2/h3-9,25H,10H2,1-2H3. The van der Waals surface area contributed by atoms with Crippen LogP contribution in [0.5, 0.6) is 0 Å². The fourth-order valence-corrected chi connectivity index (χ4v) is 4.10. The normalized spacial score (nSPS) is 11.9. The van der Waals surface area contributed by atoms with Crippen LogP contribution in [0, 0.1) is 12.7 Å². The molecule has 0 radical (unpaired) electrons. The predicted molar refractivity (Wildman–Crippen MR) is 105 cm³/mol. The van der Waals surface area contributed by atoms with Crippen molar-refractivity contribution >= 4 is 27.3 Å². The Bertz CT molecular complexity index is 1190. The Balaban J connectivity index is 1.58. The molecule has 1 N–H and O–H groups in total. The lowest BCUT2D eigenvalue weighted by atomic mass is 10.1. The van der Waals surface area contributed by atoms with Gasteiger partial charge in [0.1, 0.15) is 5.82 Å². The molecule has 0 spiro atoms. The van der Waals surface area contributed by atoms with E-state index >= 15 is 0 Å². The number of anilines is 1. The van der Waals surface area contributed by atoms with Gasteiger partial charge in [-0.15, -0.1) is 0 Å². The number of aromatic nitrogens is 3. The summed E-state index contributed by atoms with van der Waals surface area (Å²) in [6.45, 7) is 2.42. The minimum Gasteiger partial charge on any atom is -0.381 e. The smallest absolute Gasteiger partial charge is 0.381 e. The van der Waals surface area contributed by atoms with Crippen molar-refractivity contribution in [1.82, 2.24) is 14.2 Å². The minimum absolute atomic E-state index is 0.0565. The first-order valence-corrected chi connectivity index (χ1v) is 9.50. The first-order valence-electron chi connectivity index (χ1n) is 8.73. The first kappa shape index (κ1) is 19.4. The molecule has 0 aliphatic rings. The van der Waals surface area contributed by atoms with Crippen LogP contribution in [0.15, 0.2) is 42.5 Å². The Labute approximate surface area is 168 Å². The quantitative estimate of drug-likeness (QED) is 0.426. The van der Waals surface area contributed by atoms with Gasteiger partial charge < -0.3 is 5.32 Å². The molecular formula is C20H16F4N4S. The molecule has 150 valence electrons. The summed E-state index contributed by atoms with van der Waals surface area (Å²) in [5.74, 6) is -0.627. The minimum atomic E-state index is -4.58. The van der Waals surface area contributed by atoms with Gasteiger partial charge in [0.05, 0.1) is 16.1 Å². The predicted octanol–water partition coefficient (Wildman–Crippen LogP) is 5.78. The van der Waals surface area contributed by atoms with Gasteiger partial charge in [0.2, 0.25) is 0 Å². The summed E-state index contributed by atoms with van der Waals surface area (Å²) < 4.78 is 59.7. The molecule has 0 saturated heterocycles. The molecule has 29 heavy (non-hydrogen) atoms. The second-order valence-corrected chi connectivity index (χ2v) is 7.45. The van der Waals surface area contributed by atoms with Crippen molar-refractivity contribution in [2.75, 3.05) is 5.32 Å². The molecule has 2 heterocycles. The highest BCUT2D eigenvalue weighted by molar-refractivity contribution is 7.13. The van der Waals surface area contributed by atoms with E-state index in [1.165, 1.54) is 30.7 Å². The summed E-state index contributed by atoms with van der Waals surface area (Å²) in [5, 5.41) is 7.68. The third-order valence-electron chi connectivity index (χ3n) is 4.65. The monoisotopic (exact) mass is 420 g/mol. The lowest BCUT2D eigenvalue weighted by Crippen LogP contribution is -2.06. The van der Waals surface area contributed by atoms with Crippen LogP contribution in [0.4, 0.5) is 23.2 Å². The van der Waals surface area contributed by atoms with Gasteiger partial charge in [0, 0.05) is 30.2 Å². The molecule has 4 nitrogen and oxygen atoms in total. The number of aryl methyl sites for hydroxylation is 2. The number of nitrogens with one attached hydrogen (secondary N) is 1. The molecule has 0 aliphatic carbocycles. The number of nitrogens with zero attached hydrogens (tertiary/aromatic N) is 3. The highest BCUT2D eigenvalue weighted by atomic mass is 32.1. The van der Waals surface area contributed by atoms with Crippen molar-refractivity contribution in [3.8, 4) is 11.3 Å². The number of hydrogen-bond acceptors (Lipinski definition) is 4. The van der Waals surface area contributed by atoms with Crippen LogP contribution >= 0.6 is 11.5 Å². The lowest BCUT2D eigenvalue weighted by Gasteiger charge is -2.10. The van der Waals surface area contributed by atoms with E-state index in [1.54, 1.807) is 6.07 Å². The van der Waals surface area contributed by atoms with Crippen LogP contribution in [0.2, 0.25) is 0 Å². The van der Waals surface area contributed by atoms with Crippen LogP contribution in [-0.4, -0.2) is 14.2 Å². The summed E-state index contributed by atoms with van der Waals surface area (Å²) in [5.41, 5.74) is 1.58. The molecule has 9 heteroatoms. The third kappa shape index (κ3) is 3.69. The van der Waals surface area contributed by atoms with Crippen LogP contribution in [0.25, 0.3) is 21.3 Å². The molecule has 2 aromatic carbocycles. The third-order valence-corrected chi connectivity index (χ3v) is 5.56. The number of alkyl halides is 3. The van der Waals surface area contributed by atoms with Gasteiger partial charge >= 0.3 is 6.18 Å². The van der Waals surface area contributed by atoms with Gasteiger partial charge in [0.25, 0.3) is 0 Å². The fourth-order valence-electron chi connectivity index (χ4n) is 3.26. The zero-order valence-electron chi connectivity index (χ0n) is 15.5. The topological polar surface area (TPSA) is 42.7 Å². The maximum Gasteiger partial charge on any atom is 0.435 e. The molecule has 0 bridgehead atoms. The summed E-state index contributed by atoms with van der Waals surface area (Å²) in [7, 11) is 1.36. The summed E-state index contributed by atoms with van der Waals surface area (Å²) in [6, 6.07) is 11.1. The van der Waals surface area contributed by atoms with Gasteiger partial charge in [-0.25, -0.2) is 4.39 Å². The van der Waals surface area contributed by atoms with Gasteiger partial charge in [0.15, 0.2) is 5.69 Å². The van der Waals surface area contributed by atoms with Crippen molar-refractivity contribution in [2.45, 2.75) is 19.6 Å². The number of fused-ring (bicyclic) bond motifs is 1. The van der Waals surface area contributed by atoms with Crippen LogP contribution < -0.4 is 5.32 Å². The Morgan fingerprint density at radius 1 is 1.14 bits per heavy atom. The first-order chi connectivity index (χ1) is 13.7. The summed E-state index contributed by atoms with van der Waals surface area (Å²) in [6.07, 6.45) is -4.58. The summed E-state index contributed by atoms with van der Waals surface area (Å²) in [4.78, 5) is 0. The second-order valence-electron chi connectivity index (χ2n) is 6.64. The second kappa shape index (κ2) is 7.14. The number of benzene rings is 2. The highest BCUT2D eigenvalue weighted by Gasteiger charge is 2.35. The number of rotatable bonds is 4. The van der Waals surface area contributed by atoms with Crippen molar-refractivity contribution in [2.24, 2.45) is 7.05 Å². The molecule has 2 aromatic heterocycles. The SMILES string of the molecule is Cc1nsc2cccc(CNc3ccc(-c4cc(C(F)(F)F)nn4C)c(F)c3)c12.